The second kappa shape index (κ2) is 9.11. The number of benzene rings is 1. The number of pyridine rings is 1. The SMILES string of the molecule is COC[C@@H](CC(=O)Cc1cc2c(c(C(C)C)n1)C(OC)=NC2)c1ccccc1. The summed E-state index contributed by atoms with van der Waals surface area (Å²) in [7, 11) is 3.31. The third-order valence-electron chi connectivity index (χ3n) is 5.02. The van der Waals surface area contributed by atoms with Crippen LogP contribution in [0.4, 0.5) is 0 Å². The van der Waals surface area contributed by atoms with Gasteiger partial charge >= 0.3 is 0 Å². The van der Waals surface area contributed by atoms with Crippen molar-refractivity contribution in [1.29, 1.82) is 0 Å². The monoisotopic (exact) mass is 380 g/mol. The predicted octanol–water partition coefficient (Wildman–Crippen LogP) is 4.04. The molecule has 0 spiro atoms. The number of methoxy groups -OCH3 is 2. The van der Waals surface area contributed by atoms with Gasteiger partial charge in [0, 0.05) is 31.6 Å². The number of fused-ring (bicyclic) bond motifs is 1. The summed E-state index contributed by atoms with van der Waals surface area (Å²) in [4.78, 5) is 22.1. The first kappa shape index (κ1) is 20.2. The lowest BCUT2D eigenvalue weighted by Crippen LogP contribution is -2.16. The Bertz CT molecular complexity index is 860. The Morgan fingerprint density at radius 1 is 1.18 bits per heavy atom. The van der Waals surface area contributed by atoms with E-state index in [1.165, 1.54) is 0 Å². The minimum absolute atomic E-state index is 0.0566. The average Bonchev–Trinajstić information content (AvgIpc) is 3.10. The molecule has 0 aliphatic carbocycles. The van der Waals surface area contributed by atoms with Gasteiger partial charge in [-0.15, -0.1) is 0 Å². The Hall–Kier alpha value is -2.53. The third kappa shape index (κ3) is 4.47. The summed E-state index contributed by atoms with van der Waals surface area (Å²) in [6, 6.07) is 12.1. The standard InChI is InChI=1S/C23H28N2O3/c1-15(2)22-21-17(13-24-23(21)28-4)10-19(25-22)12-20(26)11-18(14-27-3)16-8-6-5-7-9-16/h5-10,15,18H,11-14H2,1-4H3/t18-/m1/s1. The molecule has 5 nitrogen and oxygen atoms in total. The molecule has 2 heterocycles. The van der Waals surface area contributed by atoms with Gasteiger partial charge in [0.2, 0.25) is 5.90 Å². The van der Waals surface area contributed by atoms with Gasteiger partial charge in [-0.2, -0.15) is 0 Å². The van der Waals surface area contributed by atoms with Crippen LogP contribution >= 0.6 is 0 Å². The van der Waals surface area contributed by atoms with E-state index >= 15 is 0 Å². The molecule has 1 aromatic carbocycles. The van der Waals surface area contributed by atoms with Crippen LogP contribution < -0.4 is 0 Å². The van der Waals surface area contributed by atoms with Crippen LogP contribution in [0.3, 0.4) is 0 Å². The highest BCUT2D eigenvalue weighted by atomic mass is 16.5. The van der Waals surface area contributed by atoms with Crippen LogP contribution in [0.1, 0.15) is 60.2 Å². The quantitative estimate of drug-likeness (QED) is 0.693. The highest BCUT2D eigenvalue weighted by Crippen LogP contribution is 2.28. The van der Waals surface area contributed by atoms with Crippen molar-refractivity contribution in [3.8, 4) is 0 Å². The summed E-state index contributed by atoms with van der Waals surface area (Å²) < 4.78 is 10.8. The van der Waals surface area contributed by atoms with Crippen LogP contribution in [-0.4, -0.2) is 37.5 Å². The van der Waals surface area contributed by atoms with Crippen LogP contribution in [0.15, 0.2) is 41.4 Å². The summed E-state index contributed by atoms with van der Waals surface area (Å²) in [5.41, 5.74) is 4.98. The maximum atomic E-state index is 12.8. The van der Waals surface area contributed by atoms with Crippen molar-refractivity contribution in [2.24, 2.45) is 4.99 Å². The highest BCUT2D eigenvalue weighted by Gasteiger charge is 2.25. The lowest BCUT2D eigenvalue weighted by Gasteiger charge is -2.17. The largest absolute Gasteiger partial charge is 0.481 e. The number of ketones is 1. The first-order chi connectivity index (χ1) is 13.5. The number of nitrogens with zero attached hydrogens (tertiary/aromatic N) is 2. The molecule has 0 unspecified atom stereocenters. The second-order valence-electron chi connectivity index (χ2n) is 7.50. The fourth-order valence-electron chi connectivity index (χ4n) is 3.71. The molecule has 2 aromatic rings. The zero-order valence-corrected chi connectivity index (χ0v) is 17.1. The van der Waals surface area contributed by atoms with Crippen LogP contribution in [0.2, 0.25) is 0 Å². The Labute approximate surface area is 166 Å². The molecule has 5 heteroatoms. The van der Waals surface area contributed by atoms with Crippen molar-refractivity contribution in [3.63, 3.8) is 0 Å². The molecule has 0 fully saturated rings. The van der Waals surface area contributed by atoms with E-state index in [0.717, 1.165) is 28.1 Å². The molecular formula is C23H28N2O3. The van der Waals surface area contributed by atoms with Gasteiger partial charge in [-0.1, -0.05) is 44.2 Å². The van der Waals surface area contributed by atoms with Crippen molar-refractivity contribution in [2.75, 3.05) is 20.8 Å². The number of rotatable bonds is 8. The van der Waals surface area contributed by atoms with Gasteiger partial charge in [0.05, 0.1) is 31.5 Å². The molecule has 1 atom stereocenters. The van der Waals surface area contributed by atoms with Crippen molar-refractivity contribution in [1.82, 2.24) is 4.98 Å². The van der Waals surface area contributed by atoms with Gasteiger partial charge in [-0.3, -0.25) is 9.78 Å². The number of hydrogen-bond donors (Lipinski definition) is 0. The van der Waals surface area contributed by atoms with E-state index in [1.54, 1.807) is 14.2 Å². The number of ether oxygens (including phenoxy) is 2. The summed E-state index contributed by atoms with van der Waals surface area (Å²) in [6.45, 7) is 5.31. The molecule has 0 saturated carbocycles. The normalized spacial score (nSPS) is 14.0. The first-order valence-electron chi connectivity index (χ1n) is 9.70. The topological polar surface area (TPSA) is 60.8 Å². The van der Waals surface area contributed by atoms with E-state index in [4.69, 9.17) is 14.5 Å². The molecule has 1 aliphatic heterocycles. The average molecular weight is 380 g/mol. The molecule has 1 aromatic heterocycles. The lowest BCUT2D eigenvalue weighted by atomic mass is 9.92. The van der Waals surface area contributed by atoms with Gasteiger partial charge in [-0.25, -0.2) is 4.99 Å². The molecule has 148 valence electrons. The molecule has 0 N–H and O–H groups in total. The van der Waals surface area contributed by atoms with Crippen LogP contribution in [0.25, 0.3) is 0 Å². The summed E-state index contributed by atoms with van der Waals surface area (Å²) in [6.07, 6.45) is 0.760. The number of hydrogen-bond acceptors (Lipinski definition) is 5. The van der Waals surface area contributed by atoms with Gasteiger partial charge < -0.3 is 9.47 Å². The van der Waals surface area contributed by atoms with Crippen LogP contribution in [0.5, 0.6) is 0 Å². The molecule has 1 aliphatic rings. The maximum absolute atomic E-state index is 12.8. The van der Waals surface area contributed by atoms with E-state index in [9.17, 15) is 4.79 Å². The van der Waals surface area contributed by atoms with Gasteiger partial charge in [-0.05, 0) is 23.1 Å². The number of carbonyl (C=O) groups is 1. The predicted molar refractivity (Wildman–Crippen MR) is 110 cm³/mol. The van der Waals surface area contributed by atoms with E-state index < -0.39 is 0 Å². The molecule has 28 heavy (non-hydrogen) atoms. The highest BCUT2D eigenvalue weighted by molar-refractivity contribution is 5.99. The first-order valence-corrected chi connectivity index (χ1v) is 9.70. The summed E-state index contributed by atoms with van der Waals surface area (Å²) in [5, 5.41) is 0. The van der Waals surface area contributed by atoms with Gasteiger partial charge in [0.25, 0.3) is 0 Å². The van der Waals surface area contributed by atoms with Crippen molar-refractivity contribution in [3.05, 3.63) is 64.5 Å². The molecular weight excluding hydrogens is 352 g/mol. The number of aliphatic imine (C=N–C) groups is 1. The zero-order valence-electron chi connectivity index (χ0n) is 17.1. The Balaban J connectivity index is 1.78. The minimum atomic E-state index is 0.0566. The molecule has 0 saturated heterocycles. The zero-order chi connectivity index (χ0) is 20.1. The maximum Gasteiger partial charge on any atom is 0.218 e. The van der Waals surface area contributed by atoms with Gasteiger partial charge in [0.15, 0.2) is 0 Å². The smallest absolute Gasteiger partial charge is 0.218 e. The number of aromatic nitrogens is 1. The third-order valence-corrected chi connectivity index (χ3v) is 5.02. The van der Waals surface area contributed by atoms with Crippen LogP contribution in [0, 0.1) is 0 Å². The van der Waals surface area contributed by atoms with Crippen LogP contribution in [-0.2, 0) is 27.2 Å². The Kier molecular flexibility index (Phi) is 6.57. The Morgan fingerprint density at radius 2 is 1.93 bits per heavy atom. The number of Topliss-reactive ketones (excluding diaryl/α,β-unsaturated/α-hetero) is 1. The number of carbonyl (C=O) groups excluding carboxylic acids is 1. The van der Waals surface area contributed by atoms with Crippen molar-refractivity contribution >= 4 is 11.7 Å². The Morgan fingerprint density at radius 3 is 2.57 bits per heavy atom. The molecule has 0 bridgehead atoms. The van der Waals surface area contributed by atoms with Crippen molar-refractivity contribution < 1.29 is 14.3 Å². The summed E-state index contributed by atoms with van der Waals surface area (Å²) in [5.74, 6) is 1.10. The van der Waals surface area contributed by atoms with Gasteiger partial charge in [0.1, 0.15) is 5.78 Å². The second-order valence-corrected chi connectivity index (χ2v) is 7.50. The summed E-state index contributed by atoms with van der Waals surface area (Å²) >= 11 is 0. The molecule has 3 rings (SSSR count). The fraction of sp³-hybridized carbons (Fsp3) is 0.435. The lowest BCUT2D eigenvalue weighted by molar-refractivity contribution is -0.119. The molecule has 0 radical (unpaired) electrons. The minimum Gasteiger partial charge on any atom is -0.481 e. The van der Waals surface area contributed by atoms with Crippen molar-refractivity contribution in [2.45, 2.75) is 45.1 Å². The fourth-order valence-corrected chi connectivity index (χ4v) is 3.71. The van der Waals surface area contributed by atoms with E-state index in [2.05, 4.69) is 18.8 Å². The van der Waals surface area contributed by atoms with E-state index in [0.29, 0.717) is 31.9 Å². The van der Waals surface area contributed by atoms with E-state index in [1.807, 2.05) is 36.4 Å². The van der Waals surface area contributed by atoms with E-state index in [-0.39, 0.29) is 17.6 Å². The molecule has 0 amide bonds.